The predicted molar refractivity (Wildman–Crippen MR) is 117 cm³/mol. The minimum atomic E-state index is -0.193. The number of hydrogen-bond acceptors (Lipinski definition) is 7. The van der Waals surface area contributed by atoms with Gasteiger partial charge in [0.05, 0.1) is 30.9 Å². The Morgan fingerprint density at radius 2 is 1.87 bits per heavy atom. The molecule has 1 aromatic carbocycles. The van der Waals surface area contributed by atoms with Crippen molar-refractivity contribution in [2.75, 3.05) is 36.5 Å². The number of piperidine rings is 1. The van der Waals surface area contributed by atoms with Crippen molar-refractivity contribution >= 4 is 22.7 Å². The molecular formula is C23H27N5O2. The molecule has 2 fully saturated rings. The second kappa shape index (κ2) is 8.53. The zero-order chi connectivity index (χ0) is 20.3. The smallest absolute Gasteiger partial charge is 0.224 e. The van der Waals surface area contributed by atoms with Crippen LogP contribution in [0, 0.1) is 5.92 Å². The van der Waals surface area contributed by atoms with Gasteiger partial charge in [-0.2, -0.15) is 4.98 Å². The van der Waals surface area contributed by atoms with Gasteiger partial charge < -0.3 is 20.1 Å². The summed E-state index contributed by atoms with van der Waals surface area (Å²) in [6, 6.07) is 12.5. The van der Waals surface area contributed by atoms with Crippen LogP contribution in [0.3, 0.4) is 0 Å². The van der Waals surface area contributed by atoms with Crippen LogP contribution in [-0.4, -0.2) is 58.5 Å². The second-order valence-electron chi connectivity index (χ2n) is 8.20. The Morgan fingerprint density at radius 1 is 1.03 bits per heavy atom. The van der Waals surface area contributed by atoms with Crippen molar-refractivity contribution in [1.82, 2.24) is 15.0 Å². The molecule has 2 aliphatic heterocycles. The van der Waals surface area contributed by atoms with Crippen LogP contribution >= 0.6 is 0 Å². The summed E-state index contributed by atoms with van der Waals surface area (Å²) in [6.07, 6.45) is 5.98. The number of rotatable bonds is 5. The van der Waals surface area contributed by atoms with Crippen LogP contribution in [0.1, 0.15) is 18.4 Å². The summed E-state index contributed by atoms with van der Waals surface area (Å²) in [4.78, 5) is 15.9. The average Bonchev–Trinajstić information content (AvgIpc) is 3.21. The van der Waals surface area contributed by atoms with E-state index in [0.717, 1.165) is 50.3 Å². The summed E-state index contributed by atoms with van der Waals surface area (Å²) >= 11 is 0. The number of nitrogens with zero attached hydrogens (tertiary/aromatic N) is 4. The lowest BCUT2D eigenvalue weighted by Crippen LogP contribution is -2.36. The van der Waals surface area contributed by atoms with Gasteiger partial charge in [0, 0.05) is 36.8 Å². The van der Waals surface area contributed by atoms with Crippen molar-refractivity contribution < 1.29 is 9.84 Å². The Kier molecular flexibility index (Phi) is 5.46. The Balaban J connectivity index is 1.29. The van der Waals surface area contributed by atoms with Gasteiger partial charge in [0.2, 0.25) is 5.95 Å². The summed E-state index contributed by atoms with van der Waals surface area (Å²) in [5.41, 5.74) is 2.32. The van der Waals surface area contributed by atoms with E-state index in [1.807, 2.05) is 18.3 Å². The first kappa shape index (κ1) is 19.2. The van der Waals surface area contributed by atoms with E-state index >= 15 is 0 Å². The molecule has 7 nitrogen and oxygen atoms in total. The molecule has 0 aliphatic carbocycles. The molecule has 0 saturated carbocycles. The maximum absolute atomic E-state index is 9.74. The molecule has 4 heterocycles. The standard InChI is InChI=1S/C23H27N5O2/c29-18-7-11-28(12-8-18)22-6-10-25-23(27-22)26-21-15-30-14-17(21)13-16-5-9-24-20-4-2-1-3-19(16)20/h1-6,9-10,17-18,21,29H,7-8,11-15H2,(H,25,26,27). The van der Waals surface area contributed by atoms with Crippen molar-refractivity contribution in [1.29, 1.82) is 0 Å². The zero-order valence-corrected chi connectivity index (χ0v) is 16.9. The van der Waals surface area contributed by atoms with Crippen molar-refractivity contribution in [3.8, 4) is 0 Å². The summed E-state index contributed by atoms with van der Waals surface area (Å²) in [7, 11) is 0. The molecule has 7 heteroatoms. The number of anilines is 2. The molecule has 0 radical (unpaired) electrons. The van der Waals surface area contributed by atoms with Crippen LogP contribution in [0.2, 0.25) is 0 Å². The fourth-order valence-corrected chi connectivity index (χ4v) is 4.43. The van der Waals surface area contributed by atoms with Crippen molar-refractivity contribution in [3.63, 3.8) is 0 Å². The molecule has 2 saturated heterocycles. The third kappa shape index (κ3) is 4.08. The summed E-state index contributed by atoms with van der Waals surface area (Å²) in [5, 5.41) is 14.5. The normalized spacial score (nSPS) is 22.5. The largest absolute Gasteiger partial charge is 0.393 e. The van der Waals surface area contributed by atoms with Crippen molar-refractivity contribution in [2.24, 2.45) is 5.92 Å². The molecule has 2 atom stereocenters. The molecule has 30 heavy (non-hydrogen) atoms. The summed E-state index contributed by atoms with van der Waals surface area (Å²) in [5.74, 6) is 1.89. The Morgan fingerprint density at radius 3 is 2.77 bits per heavy atom. The van der Waals surface area contributed by atoms with Gasteiger partial charge in [0.15, 0.2) is 0 Å². The number of aromatic nitrogens is 3. The highest BCUT2D eigenvalue weighted by Gasteiger charge is 2.29. The SMILES string of the molecule is OC1CCN(c2ccnc(NC3COCC3Cc3ccnc4ccccc34)n2)CC1. The van der Waals surface area contributed by atoms with E-state index in [9.17, 15) is 5.11 Å². The van der Waals surface area contributed by atoms with Crippen LogP contribution < -0.4 is 10.2 Å². The van der Waals surface area contributed by atoms with E-state index < -0.39 is 0 Å². The van der Waals surface area contributed by atoms with Gasteiger partial charge in [-0.15, -0.1) is 0 Å². The number of ether oxygens (including phenoxy) is 1. The van der Waals surface area contributed by atoms with E-state index in [4.69, 9.17) is 9.72 Å². The summed E-state index contributed by atoms with van der Waals surface area (Å²) in [6.45, 7) is 3.01. The highest BCUT2D eigenvalue weighted by molar-refractivity contribution is 5.81. The lowest BCUT2D eigenvalue weighted by atomic mass is 9.93. The number of aliphatic hydroxyl groups is 1. The van der Waals surface area contributed by atoms with E-state index in [1.165, 1.54) is 10.9 Å². The first-order chi connectivity index (χ1) is 14.8. The average molecular weight is 406 g/mol. The van der Waals surface area contributed by atoms with Gasteiger partial charge >= 0.3 is 0 Å². The molecule has 2 aliphatic rings. The second-order valence-corrected chi connectivity index (χ2v) is 8.20. The number of nitrogens with one attached hydrogen (secondary N) is 1. The number of aliphatic hydroxyl groups excluding tert-OH is 1. The minimum Gasteiger partial charge on any atom is -0.393 e. The van der Waals surface area contributed by atoms with Gasteiger partial charge in [0.25, 0.3) is 0 Å². The van der Waals surface area contributed by atoms with Crippen LogP contribution in [-0.2, 0) is 11.2 Å². The Bertz CT molecular complexity index is 1000. The molecular weight excluding hydrogens is 378 g/mol. The fraction of sp³-hybridized carbons (Fsp3) is 0.435. The van der Waals surface area contributed by atoms with E-state index in [2.05, 4.69) is 44.5 Å². The Hall–Kier alpha value is -2.77. The Labute approximate surface area is 176 Å². The monoisotopic (exact) mass is 405 g/mol. The first-order valence-corrected chi connectivity index (χ1v) is 10.7. The van der Waals surface area contributed by atoms with Gasteiger partial charge in [-0.1, -0.05) is 18.2 Å². The minimum absolute atomic E-state index is 0.162. The predicted octanol–water partition coefficient (Wildman–Crippen LogP) is 2.66. The molecule has 5 rings (SSSR count). The third-order valence-corrected chi connectivity index (χ3v) is 6.16. The molecule has 0 spiro atoms. The molecule has 156 valence electrons. The molecule has 0 bridgehead atoms. The van der Waals surface area contributed by atoms with Crippen molar-refractivity contribution in [2.45, 2.75) is 31.4 Å². The molecule has 2 N–H and O–H groups in total. The van der Waals surface area contributed by atoms with Gasteiger partial charge in [0.1, 0.15) is 5.82 Å². The molecule has 2 unspecified atom stereocenters. The van der Waals surface area contributed by atoms with Crippen LogP contribution in [0.25, 0.3) is 10.9 Å². The first-order valence-electron chi connectivity index (χ1n) is 10.7. The number of hydrogen-bond donors (Lipinski definition) is 2. The topological polar surface area (TPSA) is 83.4 Å². The fourth-order valence-electron chi connectivity index (χ4n) is 4.43. The van der Waals surface area contributed by atoms with E-state index in [-0.39, 0.29) is 12.1 Å². The summed E-state index contributed by atoms with van der Waals surface area (Å²) < 4.78 is 5.81. The number of benzene rings is 1. The highest BCUT2D eigenvalue weighted by atomic mass is 16.5. The number of para-hydroxylation sites is 1. The quantitative estimate of drug-likeness (QED) is 0.675. The molecule has 3 aromatic rings. The van der Waals surface area contributed by atoms with Gasteiger partial charge in [-0.3, -0.25) is 4.98 Å². The highest BCUT2D eigenvalue weighted by Crippen LogP contribution is 2.26. The maximum atomic E-state index is 9.74. The lowest BCUT2D eigenvalue weighted by Gasteiger charge is -2.30. The molecule has 0 amide bonds. The van der Waals surface area contributed by atoms with E-state index in [1.54, 1.807) is 6.20 Å². The van der Waals surface area contributed by atoms with Crippen molar-refractivity contribution in [3.05, 3.63) is 54.4 Å². The van der Waals surface area contributed by atoms with Gasteiger partial charge in [-0.25, -0.2) is 4.98 Å². The number of fused-ring (bicyclic) bond motifs is 1. The number of pyridine rings is 1. The maximum Gasteiger partial charge on any atom is 0.224 e. The zero-order valence-electron chi connectivity index (χ0n) is 16.9. The van der Waals surface area contributed by atoms with Crippen LogP contribution in [0.4, 0.5) is 11.8 Å². The van der Waals surface area contributed by atoms with Gasteiger partial charge in [-0.05, 0) is 43.0 Å². The van der Waals surface area contributed by atoms with Crippen LogP contribution in [0.5, 0.6) is 0 Å². The molecule has 2 aromatic heterocycles. The lowest BCUT2D eigenvalue weighted by molar-refractivity contribution is 0.145. The van der Waals surface area contributed by atoms with Crippen LogP contribution in [0.15, 0.2) is 48.8 Å². The van der Waals surface area contributed by atoms with E-state index in [0.29, 0.717) is 18.5 Å². The third-order valence-electron chi connectivity index (χ3n) is 6.16.